The Balaban J connectivity index is 1.41. The third-order valence-corrected chi connectivity index (χ3v) is 4.24. The number of hydrogen-bond donors (Lipinski definition) is 1. The Bertz CT molecular complexity index is 909. The summed E-state index contributed by atoms with van der Waals surface area (Å²) in [5, 5.41) is 15.5. The van der Waals surface area contributed by atoms with E-state index in [2.05, 4.69) is 20.7 Å². The van der Waals surface area contributed by atoms with Crippen molar-refractivity contribution in [1.29, 1.82) is 0 Å². The molecule has 130 valence electrons. The van der Waals surface area contributed by atoms with Crippen LogP contribution in [0, 0.1) is 6.92 Å². The Morgan fingerprint density at radius 1 is 1.48 bits per heavy atom. The predicted octanol–water partition coefficient (Wildman–Crippen LogP) is 0.909. The molecule has 4 heterocycles. The number of carbonyl (C=O) groups excluding carboxylic acids is 1. The van der Waals surface area contributed by atoms with E-state index in [4.69, 9.17) is 9.15 Å². The second kappa shape index (κ2) is 6.17. The minimum Gasteiger partial charge on any atom is -0.469 e. The van der Waals surface area contributed by atoms with Gasteiger partial charge in [0, 0.05) is 25.4 Å². The van der Waals surface area contributed by atoms with Crippen molar-refractivity contribution in [2.75, 3.05) is 6.54 Å². The van der Waals surface area contributed by atoms with E-state index < -0.39 is 0 Å². The van der Waals surface area contributed by atoms with Gasteiger partial charge in [0.2, 0.25) is 0 Å². The van der Waals surface area contributed by atoms with Crippen molar-refractivity contribution in [3.63, 3.8) is 0 Å². The Hall–Kier alpha value is -2.94. The molecule has 0 spiro atoms. The van der Waals surface area contributed by atoms with E-state index in [-0.39, 0.29) is 12.0 Å². The lowest BCUT2D eigenvalue weighted by Gasteiger charge is -2.24. The topological polar surface area (TPSA) is 100 Å². The summed E-state index contributed by atoms with van der Waals surface area (Å²) in [6, 6.07) is 1.65. The maximum Gasteiger partial charge on any atom is 0.254 e. The molecule has 0 unspecified atom stereocenters. The van der Waals surface area contributed by atoms with Crippen molar-refractivity contribution in [3.8, 4) is 11.3 Å². The second-order valence-corrected chi connectivity index (χ2v) is 6.00. The summed E-state index contributed by atoms with van der Waals surface area (Å²) in [5.41, 5.74) is 3.15. The second-order valence-electron chi connectivity index (χ2n) is 6.00. The van der Waals surface area contributed by atoms with E-state index in [0.717, 1.165) is 17.0 Å². The molecule has 25 heavy (non-hydrogen) atoms. The van der Waals surface area contributed by atoms with E-state index in [9.17, 15) is 4.79 Å². The number of rotatable bonds is 4. The van der Waals surface area contributed by atoms with Gasteiger partial charge in [-0.05, 0) is 13.0 Å². The van der Waals surface area contributed by atoms with E-state index in [1.54, 1.807) is 23.9 Å². The number of carbonyl (C=O) groups is 1. The smallest absolute Gasteiger partial charge is 0.254 e. The lowest BCUT2D eigenvalue weighted by atomic mass is 10.2. The van der Waals surface area contributed by atoms with Gasteiger partial charge in [-0.3, -0.25) is 9.48 Å². The zero-order valence-electron chi connectivity index (χ0n) is 14.0. The van der Waals surface area contributed by atoms with Crippen LogP contribution in [0.25, 0.3) is 11.3 Å². The molecule has 1 amide bonds. The normalized spacial score (nSPS) is 16.6. The molecule has 1 N–H and O–H groups in total. The standard InChI is InChI=1S/C16H18N6O3/c1-10-13(3-4-24-10)16(23)17-6-12-8-22-14(9-25-12)15(19-20-22)11-5-18-21(2)7-11/h3-5,7,12H,6,8-9H2,1-2H3,(H,17,23)/t12-/m1/s1. The van der Waals surface area contributed by atoms with Crippen molar-refractivity contribution in [2.24, 2.45) is 7.05 Å². The first-order valence-corrected chi connectivity index (χ1v) is 7.97. The van der Waals surface area contributed by atoms with Crippen LogP contribution in [-0.2, 0) is 24.9 Å². The molecule has 1 aliphatic rings. The molecule has 4 rings (SSSR count). The van der Waals surface area contributed by atoms with Crippen LogP contribution in [0.5, 0.6) is 0 Å². The molecule has 0 radical (unpaired) electrons. The minimum absolute atomic E-state index is 0.160. The Morgan fingerprint density at radius 2 is 2.36 bits per heavy atom. The van der Waals surface area contributed by atoms with E-state index in [1.807, 2.05) is 17.9 Å². The molecule has 0 bridgehead atoms. The third kappa shape index (κ3) is 2.93. The summed E-state index contributed by atoms with van der Waals surface area (Å²) in [5.74, 6) is 0.428. The van der Waals surface area contributed by atoms with Gasteiger partial charge in [0.1, 0.15) is 11.5 Å². The fourth-order valence-electron chi connectivity index (χ4n) is 2.88. The van der Waals surface area contributed by atoms with Gasteiger partial charge in [0.15, 0.2) is 0 Å². The summed E-state index contributed by atoms with van der Waals surface area (Å²) in [6.07, 6.45) is 4.99. The molecule has 9 nitrogen and oxygen atoms in total. The molecular weight excluding hydrogens is 324 g/mol. The van der Waals surface area contributed by atoms with Gasteiger partial charge in [-0.1, -0.05) is 5.21 Å². The number of nitrogens with one attached hydrogen (secondary N) is 1. The molecule has 1 atom stereocenters. The van der Waals surface area contributed by atoms with Gasteiger partial charge < -0.3 is 14.5 Å². The van der Waals surface area contributed by atoms with Crippen LogP contribution >= 0.6 is 0 Å². The molecule has 0 fully saturated rings. The van der Waals surface area contributed by atoms with Crippen molar-refractivity contribution >= 4 is 5.91 Å². The van der Waals surface area contributed by atoms with Crippen LogP contribution in [0.1, 0.15) is 21.8 Å². The third-order valence-electron chi connectivity index (χ3n) is 4.24. The van der Waals surface area contributed by atoms with Crippen molar-refractivity contribution in [3.05, 3.63) is 41.7 Å². The zero-order chi connectivity index (χ0) is 17.4. The van der Waals surface area contributed by atoms with Gasteiger partial charge in [0.05, 0.1) is 43.0 Å². The van der Waals surface area contributed by atoms with Crippen LogP contribution in [0.4, 0.5) is 0 Å². The van der Waals surface area contributed by atoms with Crippen LogP contribution in [0.15, 0.2) is 29.1 Å². The molecule has 0 saturated carbocycles. The van der Waals surface area contributed by atoms with Crippen molar-refractivity contribution < 1.29 is 13.9 Å². The monoisotopic (exact) mass is 342 g/mol. The highest BCUT2D eigenvalue weighted by molar-refractivity contribution is 5.95. The number of furan rings is 1. The van der Waals surface area contributed by atoms with Crippen LogP contribution in [0.3, 0.4) is 0 Å². The van der Waals surface area contributed by atoms with Crippen molar-refractivity contribution in [1.82, 2.24) is 30.1 Å². The molecule has 0 aliphatic carbocycles. The summed E-state index contributed by atoms with van der Waals surface area (Å²) < 4.78 is 14.6. The molecule has 3 aromatic heterocycles. The summed E-state index contributed by atoms with van der Waals surface area (Å²) >= 11 is 0. The fraction of sp³-hybridized carbons (Fsp3) is 0.375. The SMILES string of the molecule is Cc1occc1C(=O)NC[C@@H]1Cn2nnc(-c3cnn(C)c3)c2CO1. The highest BCUT2D eigenvalue weighted by Crippen LogP contribution is 2.24. The molecule has 3 aromatic rings. The quantitative estimate of drug-likeness (QED) is 0.756. The first-order valence-electron chi connectivity index (χ1n) is 7.97. The summed E-state index contributed by atoms with van der Waals surface area (Å²) in [7, 11) is 1.86. The average molecular weight is 342 g/mol. The number of amides is 1. The minimum atomic E-state index is -0.171. The summed E-state index contributed by atoms with van der Waals surface area (Å²) in [4.78, 5) is 12.1. The Morgan fingerprint density at radius 3 is 3.08 bits per heavy atom. The van der Waals surface area contributed by atoms with Gasteiger partial charge in [0.25, 0.3) is 5.91 Å². The molecule has 0 saturated heterocycles. The van der Waals surface area contributed by atoms with Gasteiger partial charge in [-0.2, -0.15) is 5.10 Å². The van der Waals surface area contributed by atoms with Gasteiger partial charge in [-0.15, -0.1) is 5.10 Å². The first kappa shape index (κ1) is 15.6. The zero-order valence-corrected chi connectivity index (χ0v) is 14.0. The number of aryl methyl sites for hydroxylation is 2. The average Bonchev–Trinajstić information content (AvgIpc) is 3.31. The number of aromatic nitrogens is 5. The summed E-state index contributed by atoms with van der Waals surface area (Å²) in [6.45, 7) is 3.08. The highest BCUT2D eigenvalue weighted by atomic mass is 16.5. The maximum absolute atomic E-state index is 12.1. The number of nitrogens with zero attached hydrogens (tertiary/aromatic N) is 5. The van der Waals surface area contributed by atoms with E-state index >= 15 is 0 Å². The van der Waals surface area contributed by atoms with E-state index in [1.165, 1.54) is 6.26 Å². The predicted molar refractivity (Wildman–Crippen MR) is 86.6 cm³/mol. The molecule has 9 heteroatoms. The van der Waals surface area contributed by atoms with Gasteiger partial charge >= 0.3 is 0 Å². The van der Waals surface area contributed by atoms with Gasteiger partial charge in [-0.25, -0.2) is 4.68 Å². The largest absolute Gasteiger partial charge is 0.469 e. The first-order chi connectivity index (χ1) is 12.1. The van der Waals surface area contributed by atoms with Crippen molar-refractivity contribution in [2.45, 2.75) is 26.2 Å². The molecule has 0 aromatic carbocycles. The Labute approximate surface area is 143 Å². The van der Waals surface area contributed by atoms with Crippen LogP contribution < -0.4 is 5.32 Å². The highest BCUT2D eigenvalue weighted by Gasteiger charge is 2.25. The van der Waals surface area contributed by atoms with E-state index in [0.29, 0.717) is 31.0 Å². The van der Waals surface area contributed by atoms with Crippen LogP contribution in [-0.4, -0.2) is 43.3 Å². The number of fused-ring (bicyclic) bond motifs is 1. The lowest BCUT2D eigenvalue weighted by molar-refractivity contribution is 0.00176. The fourth-order valence-corrected chi connectivity index (χ4v) is 2.88. The molecule has 1 aliphatic heterocycles. The number of ether oxygens (including phenoxy) is 1. The lowest BCUT2D eigenvalue weighted by Crippen LogP contribution is -2.39. The Kier molecular flexibility index (Phi) is 3.85. The maximum atomic E-state index is 12.1. The number of hydrogen-bond acceptors (Lipinski definition) is 6. The molecular formula is C16H18N6O3. The van der Waals surface area contributed by atoms with Crippen LogP contribution in [0.2, 0.25) is 0 Å².